The van der Waals surface area contributed by atoms with Crippen molar-refractivity contribution in [2.45, 2.75) is 56.6 Å². The van der Waals surface area contributed by atoms with Gasteiger partial charge in [0.1, 0.15) is 12.2 Å². The summed E-state index contributed by atoms with van der Waals surface area (Å²) in [6.45, 7) is 1.39. The van der Waals surface area contributed by atoms with Gasteiger partial charge in [-0.25, -0.2) is 0 Å². The fourth-order valence-electron chi connectivity index (χ4n) is 3.90. The summed E-state index contributed by atoms with van der Waals surface area (Å²) < 4.78 is 0. The zero-order valence-corrected chi connectivity index (χ0v) is 13.1. The van der Waals surface area contributed by atoms with Gasteiger partial charge in [0.2, 0.25) is 0 Å². The van der Waals surface area contributed by atoms with Gasteiger partial charge in [-0.15, -0.1) is 0 Å². The van der Waals surface area contributed by atoms with E-state index in [9.17, 15) is 15.3 Å². The largest absolute Gasteiger partial charge is 0.392 e. The van der Waals surface area contributed by atoms with Crippen LogP contribution in [-0.4, -0.2) is 39.1 Å². The number of aliphatic hydroxyl groups is 3. The number of fused-ring (bicyclic) bond motifs is 2. The molecular weight excluding hydrogens is 304 g/mol. The summed E-state index contributed by atoms with van der Waals surface area (Å²) in [4.78, 5) is 2.06. The number of halogens is 1. The standard InChI is InChI=1S/C16H19ClN2O3/c1-16(22)6-10-3-5-13(15(16)21)19(10)12-4-2-9(7-18)14(17)11(12)8-20/h2,4,10,13,15,20-22H,3,5-6,8H2,1H3/t10-,13+,15?,16+/m1/s1. The Bertz CT molecular complexity index is 641. The first kappa shape index (κ1) is 15.6. The second-order valence-electron chi connectivity index (χ2n) is 6.41. The lowest BCUT2D eigenvalue weighted by atomic mass is 9.84. The van der Waals surface area contributed by atoms with Crippen LogP contribution in [0.25, 0.3) is 0 Å². The van der Waals surface area contributed by atoms with Gasteiger partial charge in [0, 0.05) is 17.3 Å². The Morgan fingerprint density at radius 3 is 2.82 bits per heavy atom. The number of benzene rings is 1. The molecule has 0 amide bonds. The van der Waals surface area contributed by atoms with Gasteiger partial charge in [0.25, 0.3) is 0 Å². The van der Waals surface area contributed by atoms with Crippen LogP contribution in [0.15, 0.2) is 12.1 Å². The van der Waals surface area contributed by atoms with E-state index in [1.165, 1.54) is 0 Å². The number of hydrogen-bond donors (Lipinski definition) is 3. The van der Waals surface area contributed by atoms with E-state index in [1.54, 1.807) is 19.1 Å². The molecule has 1 aromatic carbocycles. The second-order valence-corrected chi connectivity index (χ2v) is 6.78. The molecule has 0 aromatic heterocycles. The van der Waals surface area contributed by atoms with Crippen LogP contribution < -0.4 is 4.90 Å². The summed E-state index contributed by atoms with van der Waals surface area (Å²) in [5.74, 6) is 0. The second kappa shape index (κ2) is 5.39. The molecule has 0 aliphatic carbocycles. The van der Waals surface area contributed by atoms with Gasteiger partial charge in [0.05, 0.1) is 28.8 Å². The Balaban J connectivity index is 2.06. The highest BCUT2D eigenvalue weighted by Crippen LogP contribution is 2.45. The average Bonchev–Trinajstić information content (AvgIpc) is 2.83. The van der Waals surface area contributed by atoms with Crippen LogP contribution in [0.4, 0.5) is 5.69 Å². The minimum absolute atomic E-state index is 0.0951. The van der Waals surface area contributed by atoms with E-state index in [2.05, 4.69) is 4.90 Å². The Hall–Kier alpha value is -1.32. The molecule has 6 heteroatoms. The Morgan fingerprint density at radius 2 is 2.18 bits per heavy atom. The number of aliphatic hydroxyl groups excluding tert-OH is 2. The maximum atomic E-state index is 10.4. The molecule has 2 bridgehead atoms. The molecule has 118 valence electrons. The van der Waals surface area contributed by atoms with Crippen molar-refractivity contribution in [3.8, 4) is 6.07 Å². The van der Waals surface area contributed by atoms with Crippen molar-refractivity contribution in [3.05, 3.63) is 28.3 Å². The van der Waals surface area contributed by atoms with Crippen LogP contribution in [0.2, 0.25) is 5.02 Å². The van der Waals surface area contributed by atoms with E-state index < -0.39 is 11.7 Å². The molecule has 0 saturated carbocycles. The minimum Gasteiger partial charge on any atom is -0.392 e. The van der Waals surface area contributed by atoms with Gasteiger partial charge in [-0.1, -0.05) is 11.6 Å². The van der Waals surface area contributed by atoms with Crippen molar-refractivity contribution in [1.29, 1.82) is 5.26 Å². The molecule has 0 spiro atoms. The zero-order chi connectivity index (χ0) is 16.1. The number of piperidine rings is 1. The molecule has 2 saturated heterocycles. The maximum Gasteiger partial charge on any atom is 0.103 e. The van der Waals surface area contributed by atoms with Crippen molar-refractivity contribution in [1.82, 2.24) is 0 Å². The Morgan fingerprint density at radius 1 is 1.45 bits per heavy atom. The van der Waals surface area contributed by atoms with E-state index in [1.807, 2.05) is 6.07 Å². The van der Waals surface area contributed by atoms with Gasteiger partial charge in [0.15, 0.2) is 0 Å². The van der Waals surface area contributed by atoms with Gasteiger partial charge in [-0.2, -0.15) is 5.26 Å². The lowest BCUT2D eigenvalue weighted by molar-refractivity contribution is -0.0894. The summed E-state index contributed by atoms with van der Waals surface area (Å²) in [6.07, 6.45) is 1.27. The van der Waals surface area contributed by atoms with Crippen molar-refractivity contribution in [2.75, 3.05) is 4.90 Å². The number of nitriles is 1. The molecule has 2 aliphatic rings. The molecule has 1 aromatic rings. The summed E-state index contributed by atoms with van der Waals surface area (Å²) in [6, 6.07) is 5.30. The predicted octanol–water partition coefficient (Wildman–Crippen LogP) is 1.56. The van der Waals surface area contributed by atoms with Gasteiger partial charge in [-0.05, 0) is 38.3 Å². The maximum absolute atomic E-state index is 10.4. The average molecular weight is 323 g/mol. The third kappa shape index (κ3) is 2.19. The van der Waals surface area contributed by atoms with E-state index in [-0.39, 0.29) is 23.7 Å². The van der Waals surface area contributed by atoms with Crippen LogP contribution in [0.1, 0.15) is 37.3 Å². The monoisotopic (exact) mass is 322 g/mol. The number of nitrogens with zero attached hydrogens (tertiary/aromatic N) is 2. The first-order valence-electron chi connectivity index (χ1n) is 7.42. The molecule has 4 atom stereocenters. The highest BCUT2D eigenvalue weighted by atomic mass is 35.5. The quantitative estimate of drug-likeness (QED) is 0.769. The van der Waals surface area contributed by atoms with Crippen LogP contribution >= 0.6 is 11.6 Å². The lowest BCUT2D eigenvalue weighted by Gasteiger charge is -2.47. The SMILES string of the molecule is C[C@]1(O)C[C@H]2CC[C@@H](C1O)N2c1ccc(C#N)c(Cl)c1CO. The third-order valence-electron chi connectivity index (χ3n) is 4.97. The van der Waals surface area contributed by atoms with E-state index in [0.29, 0.717) is 17.5 Å². The van der Waals surface area contributed by atoms with Gasteiger partial charge in [-0.3, -0.25) is 0 Å². The molecule has 2 fully saturated rings. The molecule has 0 radical (unpaired) electrons. The van der Waals surface area contributed by atoms with Crippen LogP contribution in [0, 0.1) is 11.3 Å². The Labute approximate surface area is 134 Å². The number of hydrogen-bond acceptors (Lipinski definition) is 5. The topological polar surface area (TPSA) is 87.7 Å². The molecule has 2 heterocycles. The summed E-state index contributed by atoms with van der Waals surface area (Å²) in [5.41, 5.74) is 0.476. The highest BCUT2D eigenvalue weighted by molar-refractivity contribution is 6.33. The minimum atomic E-state index is -1.10. The molecule has 22 heavy (non-hydrogen) atoms. The first-order chi connectivity index (χ1) is 10.4. The van der Waals surface area contributed by atoms with Crippen LogP contribution in [-0.2, 0) is 6.61 Å². The summed E-state index contributed by atoms with van der Waals surface area (Å²) >= 11 is 6.22. The number of anilines is 1. The predicted molar refractivity (Wildman–Crippen MR) is 82.6 cm³/mol. The van der Waals surface area contributed by atoms with E-state index >= 15 is 0 Å². The fourth-order valence-corrected chi connectivity index (χ4v) is 4.16. The van der Waals surface area contributed by atoms with Crippen LogP contribution in [0.5, 0.6) is 0 Å². The van der Waals surface area contributed by atoms with Crippen molar-refractivity contribution in [3.63, 3.8) is 0 Å². The van der Waals surface area contributed by atoms with Crippen molar-refractivity contribution in [2.24, 2.45) is 0 Å². The van der Waals surface area contributed by atoms with E-state index in [0.717, 1.165) is 18.5 Å². The molecular formula is C16H19ClN2O3. The van der Waals surface area contributed by atoms with Crippen LogP contribution in [0.3, 0.4) is 0 Å². The Kier molecular flexibility index (Phi) is 3.82. The molecule has 1 unspecified atom stereocenters. The fraction of sp³-hybridized carbons (Fsp3) is 0.562. The third-order valence-corrected chi connectivity index (χ3v) is 5.40. The van der Waals surface area contributed by atoms with E-state index in [4.69, 9.17) is 16.9 Å². The molecule has 2 aliphatic heterocycles. The zero-order valence-electron chi connectivity index (χ0n) is 12.3. The molecule has 3 N–H and O–H groups in total. The molecule has 3 rings (SSSR count). The van der Waals surface area contributed by atoms with Gasteiger partial charge >= 0.3 is 0 Å². The number of rotatable bonds is 2. The molecule has 5 nitrogen and oxygen atoms in total. The lowest BCUT2D eigenvalue weighted by Crippen LogP contribution is -2.60. The highest BCUT2D eigenvalue weighted by Gasteiger charge is 2.52. The van der Waals surface area contributed by atoms with Gasteiger partial charge < -0.3 is 20.2 Å². The first-order valence-corrected chi connectivity index (χ1v) is 7.79. The smallest absolute Gasteiger partial charge is 0.103 e. The normalized spacial score (nSPS) is 33.8. The summed E-state index contributed by atoms with van der Waals surface area (Å²) in [5, 5.41) is 39.8. The van der Waals surface area contributed by atoms with Crippen molar-refractivity contribution < 1.29 is 15.3 Å². The van der Waals surface area contributed by atoms with Crippen molar-refractivity contribution >= 4 is 17.3 Å². The summed E-state index contributed by atoms with van der Waals surface area (Å²) in [7, 11) is 0.